The average Bonchev–Trinajstić information content (AvgIpc) is 3.01. The monoisotopic (exact) mass is 317 g/mol. The van der Waals surface area contributed by atoms with Crippen molar-refractivity contribution >= 4 is 17.5 Å². The van der Waals surface area contributed by atoms with Crippen LogP contribution in [-0.4, -0.2) is 42.5 Å². The number of carbonyl (C=O) groups is 2. The first-order valence-electron chi connectivity index (χ1n) is 7.05. The summed E-state index contributed by atoms with van der Waals surface area (Å²) in [5, 5.41) is 14.3. The molecule has 1 unspecified atom stereocenters. The number of aromatic hydroxyl groups is 1. The predicted molar refractivity (Wildman–Crippen MR) is 84.9 cm³/mol. The smallest absolute Gasteiger partial charge is 0.313 e. The first-order valence-corrected chi connectivity index (χ1v) is 7.05. The van der Waals surface area contributed by atoms with E-state index in [9.17, 15) is 14.7 Å². The highest BCUT2D eigenvalue weighted by Crippen LogP contribution is 2.18. The van der Waals surface area contributed by atoms with Gasteiger partial charge < -0.3 is 20.2 Å². The molecule has 0 fully saturated rings. The summed E-state index contributed by atoms with van der Waals surface area (Å²) in [5.41, 5.74) is 0.348. The van der Waals surface area contributed by atoms with Crippen LogP contribution in [0.1, 0.15) is 11.8 Å². The summed E-state index contributed by atoms with van der Waals surface area (Å²) in [4.78, 5) is 25.6. The topological polar surface area (TPSA) is 94.8 Å². The van der Waals surface area contributed by atoms with Gasteiger partial charge in [-0.2, -0.15) is 0 Å². The second-order valence-corrected chi connectivity index (χ2v) is 5.21. The fourth-order valence-electron chi connectivity index (χ4n) is 2.06. The molecule has 7 nitrogen and oxygen atoms in total. The highest BCUT2D eigenvalue weighted by Gasteiger charge is 2.20. The molecule has 0 aliphatic rings. The fourth-order valence-corrected chi connectivity index (χ4v) is 2.06. The number of rotatable bonds is 5. The van der Waals surface area contributed by atoms with Gasteiger partial charge in [-0.05, 0) is 38.4 Å². The van der Waals surface area contributed by atoms with Crippen LogP contribution in [0.3, 0.4) is 0 Å². The van der Waals surface area contributed by atoms with Gasteiger partial charge in [0.25, 0.3) is 0 Å². The number of carbonyl (C=O) groups excluding carboxylic acids is 2. The molecular formula is C16H19N3O4. The van der Waals surface area contributed by atoms with Crippen LogP contribution in [0.25, 0.3) is 0 Å². The van der Waals surface area contributed by atoms with Crippen molar-refractivity contribution in [1.82, 2.24) is 10.2 Å². The Balaban J connectivity index is 1.91. The minimum Gasteiger partial charge on any atom is -0.508 e. The molecule has 0 saturated heterocycles. The molecule has 1 atom stereocenters. The van der Waals surface area contributed by atoms with Crippen LogP contribution in [0.4, 0.5) is 5.69 Å². The van der Waals surface area contributed by atoms with Crippen LogP contribution >= 0.6 is 0 Å². The Hall–Kier alpha value is -2.80. The van der Waals surface area contributed by atoms with E-state index in [0.29, 0.717) is 11.4 Å². The van der Waals surface area contributed by atoms with E-state index in [1.807, 2.05) is 25.1 Å². The molecule has 0 radical (unpaired) electrons. The number of furan rings is 1. The summed E-state index contributed by atoms with van der Waals surface area (Å²) in [5.74, 6) is -0.850. The molecule has 7 heteroatoms. The van der Waals surface area contributed by atoms with Crippen molar-refractivity contribution < 1.29 is 19.1 Å². The molecule has 2 aromatic rings. The Bertz CT molecular complexity index is 668. The third-order valence-electron chi connectivity index (χ3n) is 3.26. The predicted octanol–water partition coefficient (Wildman–Crippen LogP) is 1.34. The van der Waals surface area contributed by atoms with Gasteiger partial charge in [0.1, 0.15) is 11.5 Å². The second-order valence-electron chi connectivity index (χ2n) is 5.21. The molecule has 0 saturated carbocycles. The molecule has 0 aliphatic carbocycles. The number of amides is 2. The van der Waals surface area contributed by atoms with E-state index in [2.05, 4.69) is 10.6 Å². The summed E-state index contributed by atoms with van der Waals surface area (Å²) >= 11 is 0. The van der Waals surface area contributed by atoms with Gasteiger partial charge in [0.2, 0.25) is 0 Å². The molecule has 1 aromatic carbocycles. The van der Waals surface area contributed by atoms with Gasteiger partial charge in [0.15, 0.2) is 0 Å². The van der Waals surface area contributed by atoms with E-state index in [4.69, 9.17) is 4.42 Å². The van der Waals surface area contributed by atoms with Gasteiger partial charge in [0, 0.05) is 18.3 Å². The second kappa shape index (κ2) is 7.46. The van der Waals surface area contributed by atoms with Gasteiger partial charge in [-0.25, -0.2) is 0 Å². The van der Waals surface area contributed by atoms with Crippen LogP contribution in [0, 0.1) is 0 Å². The van der Waals surface area contributed by atoms with E-state index >= 15 is 0 Å². The zero-order valence-electron chi connectivity index (χ0n) is 12.9. The lowest BCUT2D eigenvalue weighted by molar-refractivity contribution is -0.136. The number of nitrogens with one attached hydrogen (secondary N) is 2. The third-order valence-corrected chi connectivity index (χ3v) is 3.26. The molecule has 122 valence electrons. The quantitative estimate of drug-likeness (QED) is 0.724. The van der Waals surface area contributed by atoms with Gasteiger partial charge in [-0.1, -0.05) is 6.07 Å². The Labute approximate surface area is 133 Å². The van der Waals surface area contributed by atoms with E-state index in [1.165, 1.54) is 12.1 Å². The summed E-state index contributed by atoms with van der Waals surface area (Å²) in [6.45, 7) is 0.229. The number of phenolic OH excluding ortho intramolecular Hbond substituents is 1. The number of likely N-dealkylation sites (N-methyl/N-ethyl adjacent to an activating group) is 1. The Morgan fingerprint density at radius 3 is 2.61 bits per heavy atom. The molecule has 1 aromatic heterocycles. The Kier molecular flexibility index (Phi) is 5.37. The van der Waals surface area contributed by atoms with Crippen molar-refractivity contribution in [3.8, 4) is 5.75 Å². The van der Waals surface area contributed by atoms with Crippen LogP contribution < -0.4 is 10.6 Å². The Morgan fingerprint density at radius 1 is 1.22 bits per heavy atom. The number of phenols is 1. The maximum atomic E-state index is 11.9. The van der Waals surface area contributed by atoms with E-state index in [0.717, 1.165) is 0 Å². The molecule has 2 rings (SSSR count). The van der Waals surface area contributed by atoms with Crippen molar-refractivity contribution in [2.75, 3.05) is 26.0 Å². The summed E-state index contributed by atoms with van der Waals surface area (Å²) < 4.78 is 5.34. The normalized spacial score (nSPS) is 12.0. The lowest BCUT2D eigenvalue weighted by Crippen LogP contribution is -2.40. The highest BCUT2D eigenvalue weighted by atomic mass is 16.3. The van der Waals surface area contributed by atoms with E-state index in [-0.39, 0.29) is 18.3 Å². The van der Waals surface area contributed by atoms with E-state index < -0.39 is 11.8 Å². The lowest BCUT2D eigenvalue weighted by atomic mass is 10.2. The molecule has 0 bridgehead atoms. The SMILES string of the molecule is CN(C)C(CNC(=O)C(=O)Nc1cccc(O)c1)c1ccco1. The van der Waals surface area contributed by atoms with Crippen molar-refractivity contribution in [1.29, 1.82) is 0 Å². The van der Waals surface area contributed by atoms with Crippen LogP contribution in [0.5, 0.6) is 5.75 Å². The molecule has 2 amide bonds. The van der Waals surface area contributed by atoms with Crippen molar-refractivity contribution in [3.05, 3.63) is 48.4 Å². The highest BCUT2D eigenvalue weighted by molar-refractivity contribution is 6.39. The third kappa shape index (κ3) is 4.58. The summed E-state index contributed by atoms with van der Waals surface area (Å²) in [6, 6.07) is 9.38. The van der Waals surface area contributed by atoms with Crippen LogP contribution in [-0.2, 0) is 9.59 Å². The molecule has 0 spiro atoms. The average molecular weight is 317 g/mol. The van der Waals surface area contributed by atoms with Crippen molar-refractivity contribution in [3.63, 3.8) is 0 Å². The van der Waals surface area contributed by atoms with Crippen molar-refractivity contribution in [2.45, 2.75) is 6.04 Å². The molecular weight excluding hydrogens is 298 g/mol. The maximum absolute atomic E-state index is 11.9. The number of hydrogen-bond donors (Lipinski definition) is 3. The minimum atomic E-state index is -0.799. The standard InChI is InChI=1S/C16H19N3O4/c1-19(2)13(14-7-4-8-23-14)10-17-15(21)16(22)18-11-5-3-6-12(20)9-11/h3-9,13,20H,10H2,1-2H3,(H,17,21)(H,18,22). The van der Waals surface area contributed by atoms with Crippen LogP contribution in [0.2, 0.25) is 0 Å². The largest absolute Gasteiger partial charge is 0.508 e. The van der Waals surface area contributed by atoms with Crippen molar-refractivity contribution in [2.24, 2.45) is 0 Å². The van der Waals surface area contributed by atoms with Gasteiger partial charge in [-0.3, -0.25) is 14.5 Å². The van der Waals surface area contributed by atoms with E-state index in [1.54, 1.807) is 24.5 Å². The summed E-state index contributed by atoms with van der Waals surface area (Å²) in [7, 11) is 3.71. The van der Waals surface area contributed by atoms with Gasteiger partial charge >= 0.3 is 11.8 Å². The number of benzene rings is 1. The molecule has 0 aliphatic heterocycles. The maximum Gasteiger partial charge on any atom is 0.313 e. The summed E-state index contributed by atoms with van der Waals surface area (Å²) in [6.07, 6.45) is 1.56. The van der Waals surface area contributed by atoms with Crippen LogP contribution in [0.15, 0.2) is 47.1 Å². The minimum absolute atomic E-state index is 0.00805. The first kappa shape index (κ1) is 16.6. The van der Waals surface area contributed by atoms with Gasteiger partial charge in [-0.15, -0.1) is 0 Å². The molecule has 1 heterocycles. The number of anilines is 1. The van der Waals surface area contributed by atoms with Gasteiger partial charge in [0.05, 0.1) is 12.3 Å². The molecule has 3 N–H and O–H groups in total. The zero-order valence-corrected chi connectivity index (χ0v) is 12.9. The lowest BCUT2D eigenvalue weighted by Gasteiger charge is -2.22. The number of nitrogens with zero attached hydrogens (tertiary/aromatic N) is 1. The first-order chi connectivity index (χ1) is 11.0. The fraction of sp³-hybridized carbons (Fsp3) is 0.250. The Morgan fingerprint density at radius 2 is 2.00 bits per heavy atom. The molecule has 23 heavy (non-hydrogen) atoms. The zero-order chi connectivity index (χ0) is 16.8. The number of hydrogen-bond acceptors (Lipinski definition) is 5.